The van der Waals surface area contributed by atoms with E-state index >= 15 is 0 Å². The van der Waals surface area contributed by atoms with Crippen molar-refractivity contribution >= 4 is 5.78 Å². The standard InChI is InChI=1S/C10H20O/c1-5-6-8(2)7-9(3)10(4)11/h8-9H,5-7H2,1-4H3/t8-,9?/m1/s1. The largest absolute Gasteiger partial charge is 0.300 e. The fourth-order valence-electron chi connectivity index (χ4n) is 1.38. The van der Waals surface area contributed by atoms with Gasteiger partial charge in [-0.2, -0.15) is 0 Å². The van der Waals surface area contributed by atoms with E-state index in [-0.39, 0.29) is 5.92 Å². The predicted octanol–water partition coefficient (Wildman–Crippen LogP) is 3.04. The van der Waals surface area contributed by atoms with E-state index in [0.29, 0.717) is 11.7 Å². The lowest BCUT2D eigenvalue weighted by molar-refractivity contribution is -0.120. The lowest BCUT2D eigenvalue weighted by Gasteiger charge is -2.13. The average molecular weight is 156 g/mol. The number of carbonyl (C=O) groups is 1. The first-order valence-corrected chi connectivity index (χ1v) is 4.58. The van der Waals surface area contributed by atoms with Gasteiger partial charge in [0.05, 0.1) is 0 Å². The van der Waals surface area contributed by atoms with E-state index in [1.54, 1.807) is 6.92 Å². The number of Topliss-reactive ketones (excluding diaryl/α,β-unsaturated/α-hetero) is 1. The van der Waals surface area contributed by atoms with Crippen molar-refractivity contribution in [1.29, 1.82) is 0 Å². The van der Waals surface area contributed by atoms with Gasteiger partial charge in [0.2, 0.25) is 0 Å². The van der Waals surface area contributed by atoms with Gasteiger partial charge in [-0.1, -0.05) is 33.6 Å². The average Bonchev–Trinajstić information content (AvgIpc) is 1.87. The monoisotopic (exact) mass is 156 g/mol. The smallest absolute Gasteiger partial charge is 0.132 e. The van der Waals surface area contributed by atoms with Gasteiger partial charge in [0.1, 0.15) is 5.78 Å². The van der Waals surface area contributed by atoms with Crippen LogP contribution in [0.5, 0.6) is 0 Å². The first kappa shape index (κ1) is 10.7. The Kier molecular flexibility index (Phi) is 5.18. The van der Waals surface area contributed by atoms with E-state index in [1.165, 1.54) is 12.8 Å². The Labute approximate surface area is 70.2 Å². The molecule has 0 saturated heterocycles. The maximum atomic E-state index is 10.9. The van der Waals surface area contributed by atoms with E-state index in [2.05, 4.69) is 13.8 Å². The summed E-state index contributed by atoms with van der Waals surface area (Å²) < 4.78 is 0. The zero-order valence-corrected chi connectivity index (χ0v) is 8.18. The van der Waals surface area contributed by atoms with Crippen LogP contribution in [0.15, 0.2) is 0 Å². The molecular weight excluding hydrogens is 136 g/mol. The number of carbonyl (C=O) groups excluding carboxylic acids is 1. The second-order valence-electron chi connectivity index (χ2n) is 3.64. The summed E-state index contributed by atoms with van der Waals surface area (Å²) in [6.07, 6.45) is 3.53. The van der Waals surface area contributed by atoms with Crippen LogP contribution in [0.3, 0.4) is 0 Å². The Morgan fingerprint density at radius 2 is 1.91 bits per heavy atom. The molecule has 0 aliphatic carbocycles. The zero-order valence-electron chi connectivity index (χ0n) is 8.18. The second-order valence-corrected chi connectivity index (χ2v) is 3.64. The Bertz CT molecular complexity index is 118. The third-order valence-corrected chi connectivity index (χ3v) is 2.23. The van der Waals surface area contributed by atoms with Crippen molar-refractivity contribution in [2.24, 2.45) is 11.8 Å². The van der Waals surface area contributed by atoms with Gasteiger partial charge in [-0.25, -0.2) is 0 Å². The van der Waals surface area contributed by atoms with Gasteiger partial charge >= 0.3 is 0 Å². The highest BCUT2D eigenvalue weighted by Gasteiger charge is 2.11. The summed E-state index contributed by atoms with van der Waals surface area (Å²) in [5.41, 5.74) is 0. The van der Waals surface area contributed by atoms with E-state index in [4.69, 9.17) is 0 Å². The van der Waals surface area contributed by atoms with Crippen molar-refractivity contribution in [3.05, 3.63) is 0 Å². The molecule has 0 saturated carbocycles. The highest BCUT2D eigenvalue weighted by atomic mass is 16.1. The minimum atomic E-state index is 0.261. The molecule has 0 amide bonds. The normalized spacial score (nSPS) is 16.0. The molecule has 0 N–H and O–H groups in total. The highest BCUT2D eigenvalue weighted by molar-refractivity contribution is 5.77. The molecule has 0 fully saturated rings. The van der Waals surface area contributed by atoms with Gasteiger partial charge < -0.3 is 0 Å². The van der Waals surface area contributed by atoms with Crippen LogP contribution in [0.1, 0.15) is 47.0 Å². The van der Waals surface area contributed by atoms with Crippen LogP contribution in [0, 0.1) is 11.8 Å². The summed E-state index contributed by atoms with van der Waals surface area (Å²) in [5, 5.41) is 0. The van der Waals surface area contributed by atoms with Gasteiger partial charge in [-0.3, -0.25) is 4.79 Å². The molecule has 0 spiro atoms. The predicted molar refractivity (Wildman–Crippen MR) is 48.5 cm³/mol. The molecule has 11 heavy (non-hydrogen) atoms. The first-order valence-electron chi connectivity index (χ1n) is 4.58. The number of ketones is 1. The molecule has 1 nitrogen and oxygen atoms in total. The third kappa shape index (κ3) is 5.00. The summed E-state index contributed by atoms with van der Waals surface area (Å²) in [4.78, 5) is 10.9. The van der Waals surface area contributed by atoms with Crippen molar-refractivity contribution in [3.63, 3.8) is 0 Å². The maximum absolute atomic E-state index is 10.9. The molecular formula is C10H20O. The SMILES string of the molecule is CCC[C@@H](C)CC(C)C(C)=O. The van der Waals surface area contributed by atoms with Crippen molar-refractivity contribution in [1.82, 2.24) is 0 Å². The quantitative estimate of drug-likeness (QED) is 0.598. The molecule has 0 aromatic carbocycles. The minimum Gasteiger partial charge on any atom is -0.300 e. The Hall–Kier alpha value is -0.330. The van der Waals surface area contributed by atoms with Crippen molar-refractivity contribution in [3.8, 4) is 0 Å². The van der Waals surface area contributed by atoms with Gasteiger partial charge in [-0.15, -0.1) is 0 Å². The number of hydrogen-bond acceptors (Lipinski definition) is 1. The molecule has 0 aliphatic heterocycles. The second kappa shape index (κ2) is 5.34. The molecule has 0 aromatic heterocycles. The fourth-order valence-corrected chi connectivity index (χ4v) is 1.38. The van der Waals surface area contributed by atoms with Crippen molar-refractivity contribution in [2.45, 2.75) is 47.0 Å². The van der Waals surface area contributed by atoms with Crippen LogP contribution in [-0.4, -0.2) is 5.78 Å². The summed E-state index contributed by atoms with van der Waals surface area (Å²) in [6.45, 7) is 8.12. The summed E-state index contributed by atoms with van der Waals surface area (Å²) in [7, 11) is 0. The first-order chi connectivity index (χ1) is 5.07. The molecule has 1 heteroatoms. The van der Waals surface area contributed by atoms with Crippen LogP contribution in [-0.2, 0) is 4.79 Å². The van der Waals surface area contributed by atoms with E-state index in [1.807, 2.05) is 6.92 Å². The molecule has 0 radical (unpaired) electrons. The van der Waals surface area contributed by atoms with E-state index < -0.39 is 0 Å². The lowest BCUT2D eigenvalue weighted by Crippen LogP contribution is -2.10. The van der Waals surface area contributed by atoms with Gasteiger partial charge in [0.15, 0.2) is 0 Å². The Balaban J connectivity index is 3.56. The number of rotatable bonds is 5. The van der Waals surface area contributed by atoms with Gasteiger partial charge in [0.25, 0.3) is 0 Å². The van der Waals surface area contributed by atoms with E-state index in [9.17, 15) is 4.79 Å². The zero-order chi connectivity index (χ0) is 8.85. The topological polar surface area (TPSA) is 17.1 Å². The molecule has 2 atom stereocenters. The number of hydrogen-bond donors (Lipinski definition) is 0. The summed E-state index contributed by atoms with van der Waals surface area (Å²) in [5.74, 6) is 1.29. The molecule has 66 valence electrons. The molecule has 1 unspecified atom stereocenters. The van der Waals surface area contributed by atoms with Crippen LogP contribution in [0.4, 0.5) is 0 Å². The van der Waals surface area contributed by atoms with Crippen LogP contribution < -0.4 is 0 Å². The van der Waals surface area contributed by atoms with Crippen LogP contribution in [0.2, 0.25) is 0 Å². The molecule has 0 bridgehead atoms. The minimum absolute atomic E-state index is 0.261. The molecule has 0 aliphatic rings. The van der Waals surface area contributed by atoms with Crippen molar-refractivity contribution < 1.29 is 4.79 Å². The molecule has 0 aromatic rings. The highest BCUT2D eigenvalue weighted by Crippen LogP contribution is 2.16. The lowest BCUT2D eigenvalue weighted by atomic mass is 9.92. The summed E-state index contributed by atoms with van der Waals surface area (Å²) >= 11 is 0. The van der Waals surface area contributed by atoms with E-state index in [0.717, 1.165) is 6.42 Å². The van der Waals surface area contributed by atoms with Gasteiger partial charge in [0, 0.05) is 5.92 Å². The van der Waals surface area contributed by atoms with Gasteiger partial charge in [-0.05, 0) is 19.3 Å². The third-order valence-electron chi connectivity index (χ3n) is 2.23. The Morgan fingerprint density at radius 3 is 2.27 bits per heavy atom. The molecule has 0 heterocycles. The summed E-state index contributed by atoms with van der Waals surface area (Å²) in [6, 6.07) is 0. The fraction of sp³-hybridized carbons (Fsp3) is 0.900. The van der Waals surface area contributed by atoms with Crippen LogP contribution >= 0.6 is 0 Å². The molecule has 0 rings (SSSR count). The Morgan fingerprint density at radius 1 is 1.36 bits per heavy atom. The van der Waals surface area contributed by atoms with Crippen molar-refractivity contribution in [2.75, 3.05) is 0 Å². The maximum Gasteiger partial charge on any atom is 0.132 e. The van der Waals surface area contributed by atoms with Crippen LogP contribution in [0.25, 0.3) is 0 Å².